The normalized spacial score (nSPS) is 21.4. The Morgan fingerprint density at radius 3 is 1.91 bits per heavy atom. The standard InChI is InChI=1S/C17H28O5Si/c1-17(2,3)23(6,7)22-13-11-9-8-10-12(13)14(15(18)20-4)16(19)21-5/h8-14H,1-7H3/t12-,13-/m0/s1. The van der Waals surface area contributed by atoms with Crippen LogP contribution in [-0.2, 0) is 23.5 Å². The van der Waals surface area contributed by atoms with Crippen LogP contribution in [0.2, 0.25) is 18.1 Å². The van der Waals surface area contributed by atoms with Gasteiger partial charge in [-0.25, -0.2) is 0 Å². The van der Waals surface area contributed by atoms with Crippen molar-refractivity contribution in [2.24, 2.45) is 11.8 Å². The predicted octanol–water partition coefficient (Wildman–Crippen LogP) is 3.08. The lowest BCUT2D eigenvalue weighted by Gasteiger charge is -2.41. The molecule has 0 N–H and O–H groups in total. The molecule has 130 valence electrons. The summed E-state index contributed by atoms with van der Waals surface area (Å²) in [5, 5.41) is 0.0264. The summed E-state index contributed by atoms with van der Waals surface area (Å²) in [7, 11) is 0.477. The first-order valence-corrected chi connectivity index (χ1v) is 10.6. The van der Waals surface area contributed by atoms with Gasteiger partial charge in [0.2, 0.25) is 0 Å². The molecule has 1 aliphatic carbocycles. The van der Waals surface area contributed by atoms with Gasteiger partial charge in [0.15, 0.2) is 14.2 Å². The fraction of sp³-hybridized carbons (Fsp3) is 0.647. The molecule has 0 fully saturated rings. The molecule has 0 saturated heterocycles. The van der Waals surface area contributed by atoms with Crippen molar-refractivity contribution in [3.63, 3.8) is 0 Å². The number of esters is 2. The van der Waals surface area contributed by atoms with Crippen LogP contribution in [0.25, 0.3) is 0 Å². The molecule has 0 spiro atoms. The van der Waals surface area contributed by atoms with E-state index in [1.807, 2.05) is 24.3 Å². The van der Waals surface area contributed by atoms with Crippen molar-refractivity contribution in [1.82, 2.24) is 0 Å². The zero-order valence-electron chi connectivity index (χ0n) is 15.1. The number of carbonyl (C=O) groups excluding carboxylic acids is 2. The maximum atomic E-state index is 12.1. The van der Waals surface area contributed by atoms with Gasteiger partial charge in [0, 0.05) is 5.92 Å². The van der Waals surface area contributed by atoms with Crippen molar-refractivity contribution in [2.45, 2.75) is 45.0 Å². The van der Waals surface area contributed by atoms with E-state index in [0.29, 0.717) is 0 Å². The van der Waals surface area contributed by atoms with E-state index in [0.717, 1.165) is 0 Å². The Hall–Kier alpha value is -1.40. The van der Waals surface area contributed by atoms with E-state index in [2.05, 4.69) is 33.9 Å². The smallest absolute Gasteiger partial charge is 0.320 e. The molecule has 0 unspecified atom stereocenters. The molecule has 0 aromatic rings. The van der Waals surface area contributed by atoms with Gasteiger partial charge in [0.05, 0.1) is 20.3 Å². The van der Waals surface area contributed by atoms with Gasteiger partial charge in [-0.15, -0.1) is 0 Å². The maximum Gasteiger partial charge on any atom is 0.320 e. The summed E-state index contributed by atoms with van der Waals surface area (Å²) in [5.41, 5.74) is 0. The van der Waals surface area contributed by atoms with Crippen LogP contribution >= 0.6 is 0 Å². The lowest BCUT2D eigenvalue weighted by Crippen LogP contribution is -2.48. The number of hydrogen-bond donors (Lipinski definition) is 0. The fourth-order valence-electron chi connectivity index (χ4n) is 2.20. The van der Waals surface area contributed by atoms with Gasteiger partial charge < -0.3 is 13.9 Å². The zero-order valence-corrected chi connectivity index (χ0v) is 16.1. The number of methoxy groups -OCH3 is 2. The first-order chi connectivity index (χ1) is 10.5. The second-order valence-electron chi connectivity index (χ2n) is 7.21. The minimum absolute atomic E-state index is 0.0264. The Morgan fingerprint density at radius 1 is 1.00 bits per heavy atom. The minimum atomic E-state index is -2.06. The van der Waals surface area contributed by atoms with Crippen molar-refractivity contribution in [1.29, 1.82) is 0 Å². The van der Waals surface area contributed by atoms with Crippen molar-refractivity contribution < 1.29 is 23.5 Å². The molecule has 0 saturated carbocycles. The first-order valence-electron chi connectivity index (χ1n) is 7.73. The van der Waals surface area contributed by atoms with Crippen LogP contribution in [0.5, 0.6) is 0 Å². The molecule has 23 heavy (non-hydrogen) atoms. The Morgan fingerprint density at radius 2 is 1.48 bits per heavy atom. The molecule has 0 aliphatic heterocycles. The molecule has 5 nitrogen and oxygen atoms in total. The van der Waals surface area contributed by atoms with Gasteiger partial charge >= 0.3 is 11.9 Å². The van der Waals surface area contributed by atoms with Crippen LogP contribution < -0.4 is 0 Å². The predicted molar refractivity (Wildman–Crippen MR) is 91.4 cm³/mol. The maximum absolute atomic E-state index is 12.1. The van der Waals surface area contributed by atoms with Crippen molar-refractivity contribution >= 4 is 20.3 Å². The van der Waals surface area contributed by atoms with Gasteiger partial charge in [-0.2, -0.15) is 0 Å². The molecular weight excluding hydrogens is 312 g/mol. The van der Waals surface area contributed by atoms with E-state index in [1.165, 1.54) is 14.2 Å². The molecule has 0 aromatic heterocycles. The highest BCUT2D eigenvalue weighted by molar-refractivity contribution is 6.74. The summed E-state index contributed by atoms with van der Waals surface area (Å²) in [6.07, 6.45) is 7.04. The molecule has 0 aromatic carbocycles. The molecule has 1 aliphatic rings. The Labute approximate surface area is 139 Å². The second-order valence-corrected chi connectivity index (χ2v) is 12.0. The third-order valence-corrected chi connectivity index (χ3v) is 9.13. The van der Waals surface area contributed by atoms with E-state index in [9.17, 15) is 9.59 Å². The van der Waals surface area contributed by atoms with Crippen LogP contribution in [0.15, 0.2) is 24.3 Å². The van der Waals surface area contributed by atoms with E-state index in [-0.39, 0.29) is 11.1 Å². The van der Waals surface area contributed by atoms with E-state index < -0.39 is 32.1 Å². The van der Waals surface area contributed by atoms with Crippen molar-refractivity contribution in [3.05, 3.63) is 24.3 Å². The Bertz CT molecular complexity index is 486. The third-order valence-electron chi connectivity index (χ3n) is 4.66. The lowest BCUT2D eigenvalue weighted by molar-refractivity contribution is -0.162. The highest BCUT2D eigenvalue weighted by Gasteiger charge is 2.45. The number of hydrogen-bond acceptors (Lipinski definition) is 5. The van der Waals surface area contributed by atoms with Crippen LogP contribution in [0.4, 0.5) is 0 Å². The van der Waals surface area contributed by atoms with Gasteiger partial charge in [-0.3, -0.25) is 9.59 Å². The summed E-state index contributed by atoms with van der Waals surface area (Å²) in [5.74, 6) is -2.67. The Kier molecular flexibility index (Phi) is 6.36. The van der Waals surface area contributed by atoms with Gasteiger partial charge in [-0.05, 0) is 18.1 Å². The number of ether oxygens (including phenoxy) is 2. The van der Waals surface area contributed by atoms with Gasteiger partial charge in [-0.1, -0.05) is 45.1 Å². The quantitative estimate of drug-likeness (QED) is 0.437. The summed E-state index contributed by atoms with van der Waals surface area (Å²) in [4.78, 5) is 24.2. The van der Waals surface area contributed by atoms with E-state index in [1.54, 1.807) is 0 Å². The monoisotopic (exact) mass is 340 g/mol. The molecule has 1 rings (SSSR count). The highest BCUT2D eigenvalue weighted by Crippen LogP contribution is 2.39. The van der Waals surface area contributed by atoms with Crippen molar-refractivity contribution in [2.75, 3.05) is 14.2 Å². The van der Waals surface area contributed by atoms with Gasteiger partial charge in [0.1, 0.15) is 0 Å². The largest absolute Gasteiger partial charge is 0.468 e. The van der Waals surface area contributed by atoms with E-state index >= 15 is 0 Å². The average Bonchev–Trinajstić information content (AvgIpc) is 2.47. The molecule has 6 heteroatoms. The number of carbonyl (C=O) groups is 2. The number of rotatable bonds is 5. The number of allylic oxidation sites excluding steroid dienone is 2. The zero-order chi connectivity index (χ0) is 17.8. The summed E-state index contributed by atoms with van der Waals surface area (Å²) < 4.78 is 16.0. The summed E-state index contributed by atoms with van der Waals surface area (Å²) >= 11 is 0. The molecule has 0 radical (unpaired) electrons. The highest BCUT2D eigenvalue weighted by atomic mass is 28.4. The van der Waals surface area contributed by atoms with E-state index in [4.69, 9.17) is 13.9 Å². The topological polar surface area (TPSA) is 61.8 Å². The van der Waals surface area contributed by atoms with Crippen molar-refractivity contribution in [3.8, 4) is 0 Å². The fourth-order valence-corrected chi connectivity index (χ4v) is 3.47. The summed E-state index contributed by atoms with van der Waals surface area (Å²) in [6.45, 7) is 10.7. The third kappa shape index (κ3) is 4.54. The molecule has 0 amide bonds. The molecule has 0 heterocycles. The molecule has 2 atom stereocenters. The van der Waals surface area contributed by atoms with Crippen LogP contribution in [0, 0.1) is 11.8 Å². The lowest BCUT2D eigenvalue weighted by atomic mass is 9.85. The van der Waals surface area contributed by atoms with Crippen LogP contribution in [0.1, 0.15) is 20.8 Å². The minimum Gasteiger partial charge on any atom is -0.468 e. The molecule has 0 bridgehead atoms. The Balaban J connectivity index is 3.11. The van der Waals surface area contributed by atoms with Crippen LogP contribution in [-0.4, -0.2) is 40.6 Å². The van der Waals surface area contributed by atoms with Crippen LogP contribution in [0.3, 0.4) is 0 Å². The van der Waals surface area contributed by atoms with Gasteiger partial charge in [0.25, 0.3) is 0 Å². The second kappa shape index (κ2) is 7.44. The summed E-state index contributed by atoms with van der Waals surface area (Å²) in [6, 6.07) is 0. The SMILES string of the molecule is COC(=O)C(C(=O)OC)[C@H]1C=CC=C[C@@H]1O[Si](C)(C)C(C)(C)C. The molecular formula is C17H28O5Si. The first kappa shape index (κ1) is 19.6. The average molecular weight is 340 g/mol.